The molecular formula is C24H22Br2N2O5. The summed E-state index contributed by atoms with van der Waals surface area (Å²) in [6, 6.07) is 11.6. The van der Waals surface area contributed by atoms with Crippen molar-refractivity contribution in [2.45, 2.75) is 16.1 Å². The van der Waals surface area contributed by atoms with Gasteiger partial charge in [0.2, 0.25) is 11.8 Å². The average molecular weight is 578 g/mol. The lowest BCUT2D eigenvalue weighted by atomic mass is 9.81. The summed E-state index contributed by atoms with van der Waals surface area (Å²) in [5, 5.41) is 2.82. The van der Waals surface area contributed by atoms with Crippen LogP contribution < -0.4 is 19.7 Å². The van der Waals surface area contributed by atoms with E-state index in [9.17, 15) is 14.4 Å². The first-order chi connectivity index (χ1) is 15.8. The van der Waals surface area contributed by atoms with Gasteiger partial charge in [0.25, 0.3) is 5.91 Å². The molecule has 2 aromatic rings. The Balaban J connectivity index is 1.34. The molecule has 2 aromatic carbocycles. The first-order valence-corrected chi connectivity index (χ1v) is 12.5. The zero-order valence-corrected chi connectivity index (χ0v) is 21.1. The lowest BCUT2D eigenvalue weighted by Gasteiger charge is -2.28. The summed E-state index contributed by atoms with van der Waals surface area (Å²) in [7, 11) is 3.07. The van der Waals surface area contributed by atoms with E-state index in [-0.39, 0.29) is 51.0 Å². The van der Waals surface area contributed by atoms with Gasteiger partial charge in [0, 0.05) is 21.3 Å². The lowest BCUT2D eigenvalue weighted by Crippen LogP contribution is -2.37. The maximum atomic E-state index is 13.2. The van der Waals surface area contributed by atoms with E-state index in [0.717, 1.165) is 6.42 Å². The third-order valence-electron chi connectivity index (χ3n) is 7.03. The number of carbonyl (C=O) groups is 3. The number of nitrogens with zero attached hydrogens (tertiary/aromatic N) is 1. The fourth-order valence-electron chi connectivity index (χ4n) is 5.46. The van der Waals surface area contributed by atoms with Crippen LogP contribution in [0, 0.1) is 23.7 Å². The number of methoxy groups -OCH3 is 2. The number of anilines is 2. The zero-order chi connectivity index (χ0) is 23.4. The predicted molar refractivity (Wildman–Crippen MR) is 130 cm³/mol. The molecule has 0 spiro atoms. The highest BCUT2D eigenvalue weighted by Crippen LogP contribution is 2.60. The second-order valence-electron chi connectivity index (χ2n) is 8.58. The van der Waals surface area contributed by atoms with Crippen molar-refractivity contribution in [2.24, 2.45) is 23.7 Å². The van der Waals surface area contributed by atoms with Gasteiger partial charge in [0.1, 0.15) is 11.5 Å². The maximum absolute atomic E-state index is 13.2. The number of alkyl halides is 2. The average Bonchev–Trinajstić information content (AvgIpc) is 3.44. The van der Waals surface area contributed by atoms with Crippen LogP contribution >= 0.6 is 31.9 Å². The van der Waals surface area contributed by atoms with Crippen LogP contribution in [-0.2, 0) is 9.59 Å². The van der Waals surface area contributed by atoms with Crippen LogP contribution in [0.5, 0.6) is 11.5 Å². The largest absolute Gasteiger partial charge is 0.497 e. The smallest absolute Gasteiger partial charge is 0.255 e. The Hall–Kier alpha value is -2.39. The van der Waals surface area contributed by atoms with Crippen LogP contribution in [0.15, 0.2) is 42.5 Å². The molecule has 3 fully saturated rings. The highest BCUT2D eigenvalue weighted by atomic mass is 79.9. The summed E-state index contributed by atoms with van der Waals surface area (Å²) in [5.41, 5.74) is 1.40. The van der Waals surface area contributed by atoms with Gasteiger partial charge in [0.05, 0.1) is 37.4 Å². The molecule has 1 saturated heterocycles. The van der Waals surface area contributed by atoms with Gasteiger partial charge >= 0.3 is 0 Å². The normalized spacial score (nSPS) is 29.9. The van der Waals surface area contributed by atoms with Crippen LogP contribution in [0.1, 0.15) is 16.8 Å². The number of halogens is 2. The van der Waals surface area contributed by atoms with E-state index in [1.165, 1.54) is 12.0 Å². The molecule has 3 aliphatic rings. The molecule has 33 heavy (non-hydrogen) atoms. The molecule has 6 atom stereocenters. The molecule has 0 radical (unpaired) electrons. The van der Waals surface area contributed by atoms with Crippen LogP contribution in [0.4, 0.5) is 11.4 Å². The predicted octanol–water partition coefficient (Wildman–Crippen LogP) is 4.24. The van der Waals surface area contributed by atoms with Gasteiger partial charge < -0.3 is 14.8 Å². The van der Waals surface area contributed by atoms with Gasteiger partial charge in [0.15, 0.2) is 0 Å². The molecule has 2 saturated carbocycles. The van der Waals surface area contributed by atoms with E-state index >= 15 is 0 Å². The second-order valence-corrected chi connectivity index (χ2v) is 10.7. The van der Waals surface area contributed by atoms with Crippen molar-refractivity contribution in [3.63, 3.8) is 0 Å². The Morgan fingerprint density at radius 1 is 0.939 bits per heavy atom. The molecular weight excluding hydrogens is 556 g/mol. The number of hydrogen-bond acceptors (Lipinski definition) is 5. The maximum Gasteiger partial charge on any atom is 0.255 e. The van der Waals surface area contributed by atoms with Crippen LogP contribution in [0.25, 0.3) is 0 Å². The first kappa shape index (κ1) is 22.4. The van der Waals surface area contributed by atoms with E-state index in [2.05, 4.69) is 37.2 Å². The number of imide groups is 1. The minimum absolute atomic E-state index is 0.137. The third-order valence-corrected chi connectivity index (χ3v) is 10.2. The SMILES string of the molecule is COc1ccc(NC(=O)c2ccc(N3C(=O)[C@@H]4[C@H]5C[C@@H]([C@H](Br)[C@H]5Br)[C@@H]4C3=O)cc2)c(OC)c1. The van der Waals surface area contributed by atoms with Gasteiger partial charge in [-0.15, -0.1) is 0 Å². The number of ether oxygens (including phenoxy) is 2. The number of fused-ring (bicyclic) bond motifs is 5. The van der Waals surface area contributed by atoms with Crippen molar-refractivity contribution < 1.29 is 23.9 Å². The summed E-state index contributed by atoms with van der Waals surface area (Å²) in [4.78, 5) is 40.8. The standard InChI is InChI=1S/C24H22Br2N2O5/c1-32-13-7-8-16(17(9-13)33-2)27-22(29)11-3-5-12(6-4-11)28-23(30)18-14-10-15(19(18)24(28)31)21(26)20(14)25/h3-9,14-15,18-21H,10H2,1-2H3,(H,27,29)/t14-,15-,18-,19+,20+,21+/m1/s1. The molecule has 0 unspecified atom stereocenters. The Morgan fingerprint density at radius 3 is 2.09 bits per heavy atom. The fourth-order valence-corrected chi connectivity index (χ4v) is 7.33. The fraction of sp³-hybridized carbons (Fsp3) is 0.375. The van der Waals surface area contributed by atoms with E-state index in [1.54, 1.807) is 49.6 Å². The van der Waals surface area contributed by atoms with Crippen molar-refractivity contribution in [1.82, 2.24) is 0 Å². The quantitative estimate of drug-likeness (QED) is 0.424. The van der Waals surface area contributed by atoms with Crippen LogP contribution in [0.2, 0.25) is 0 Å². The zero-order valence-electron chi connectivity index (χ0n) is 18.0. The number of amides is 3. The Kier molecular flexibility index (Phi) is 5.73. The summed E-state index contributed by atoms with van der Waals surface area (Å²) >= 11 is 7.40. The Bertz CT molecular complexity index is 1110. The second kappa shape index (κ2) is 8.43. The van der Waals surface area contributed by atoms with Gasteiger partial charge in [-0.05, 0) is 54.7 Å². The van der Waals surface area contributed by atoms with Gasteiger partial charge in [-0.25, -0.2) is 0 Å². The van der Waals surface area contributed by atoms with Crippen molar-refractivity contribution in [2.75, 3.05) is 24.4 Å². The van der Waals surface area contributed by atoms with Gasteiger partial charge in [-0.1, -0.05) is 31.9 Å². The van der Waals surface area contributed by atoms with E-state index < -0.39 is 0 Å². The van der Waals surface area contributed by atoms with Crippen molar-refractivity contribution in [3.8, 4) is 11.5 Å². The molecule has 9 heteroatoms. The van der Waals surface area contributed by atoms with E-state index in [4.69, 9.17) is 9.47 Å². The monoisotopic (exact) mass is 576 g/mol. The number of benzene rings is 2. The molecule has 1 aliphatic heterocycles. The molecule has 172 valence electrons. The number of rotatable bonds is 5. The van der Waals surface area contributed by atoms with Gasteiger partial charge in [-0.2, -0.15) is 0 Å². The molecule has 2 bridgehead atoms. The summed E-state index contributed by atoms with van der Waals surface area (Å²) in [6.45, 7) is 0. The number of nitrogens with one attached hydrogen (secondary N) is 1. The first-order valence-electron chi connectivity index (χ1n) is 10.6. The molecule has 5 rings (SSSR count). The highest BCUT2D eigenvalue weighted by Gasteiger charge is 2.66. The molecule has 2 aliphatic carbocycles. The lowest BCUT2D eigenvalue weighted by molar-refractivity contribution is -0.123. The van der Waals surface area contributed by atoms with Crippen LogP contribution in [-0.4, -0.2) is 41.6 Å². The third kappa shape index (κ3) is 3.47. The topological polar surface area (TPSA) is 84.9 Å². The number of carbonyl (C=O) groups excluding carboxylic acids is 3. The summed E-state index contributed by atoms with van der Waals surface area (Å²) in [6.07, 6.45) is 0.889. The van der Waals surface area contributed by atoms with Gasteiger partial charge in [-0.3, -0.25) is 19.3 Å². The van der Waals surface area contributed by atoms with E-state index in [1.807, 2.05) is 0 Å². The highest BCUT2D eigenvalue weighted by molar-refractivity contribution is 9.12. The Labute approximate surface area is 208 Å². The van der Waals surface area contributed by atoms with E-state index in [0.29, 0.717) is 28.4 Å². The van der Waals surface area contributed by atoms with Crippen LogP contribution in [0.3, 0.4) is 0 Å². The Morgan fingerprint density at radius 2 is 1.55 bits per heavy atom. The summed E-state index contributed by atoms with van der Waals surface area (Å²) < 4.78 is 10.5. The molecule has 1 N–H and O–H groups in total. The molecule has 7 nitrogen and oxygen atoms in total. The molecule has 0 aromatic heterocycles. The van der Waals surface area contributed by atoms with Crippen molar-refractivity contribution in [3.05, 3.63) is 48.0 Å². The number of hydrogen-bond donors (Lipinski definition) is 1. The minimum Gasteiger partial charge on any atom is -0.497 e. The van der Waals surface area contributed by atoms with Crippen molar-refractivity contribution >= 4 is 61.0 Å². The molecule has 3 amide bonds. The van der Waals surface area contributed by atoms with Crippen molar-refractivity contribution in [1.29, 1.82) is 0 Å². The summed E-state index contributed by atoms with van der Waals surface area (Å²) in [5.74, 6) is 0.267. The molecule has 1 heterocycles. The minimum atomic E-state index is -0.330.